The van der Waals surface area contributed by atoms with Crippen LogP contribution < -0.4 is 10.2 Å². The second kappa shape index (κ2) is 8.46. The quantitative estimate of drug-likeness (QED) is 0.638. The van der Waals surface area contributed by atoms with E-state index in [0.717, 1.165) is 31.9 Å². The molecule has 0 aliphatic rings. The number of para-hydroxylation sites is 1. The standard InChI is InChI=1S/C14H19N3OS/c1-3-18-10-6-9-16-14(19)17(2)13-8-5-4-7-12(13)11-15/h4-5,7-8H,3,6,9-10H2,1-2H3,(H,16,19). The number of nitrogens with zero attached hydrogens (tertiary/aromatic N) is 2. The summed E-state index contributed by atoms with van der Waals surface area (Å²) >= 11 is 5.31. The monoisotopic (exact) mass is 277 g/mol. The molecule has 1 rings (SSSR count). The number of ether oxygens (including phenoxy) is 1. The van der Waals surface area contributed by atoms with Crippen molar-refractivity contribution in [2.45, 2.75) is 13.3 Å². The van der Waals surface area contributed by atoms with Crippen LogP contribution >= 0.6 is 12.2 Å². The molecule has 0 bridgehead atoms. The number of nitriles is 1. The lowest BCUT2D eigenvalue weighted by atomic mass is 10.2. The fourth-order valence-electron chi connectivity index (χ4n) is 1.60. The molecule has 0 saturated heterocycles. The van der Waals surface area contributed by atoms with Gasteiger partial charge in [0.05, 0.1) is 11.3 Å². The van der Waals surface area contributed by atoms with Crippen LogP contribution in [0.15, 0.2) is 24.3 Å². The Morgan fingerprint density at radius 2 is 2.21 bits per heavy atom. The van der Waals surface area contributed by atoms with Gasteiger partial charge in [-0.3, -0.25) is 0 Å². The number of thiocarbonyl (C=S) groups is 1. The van der Waals surface area contributed by atoms with Crippen LogP contribution in [0.3, 0.4) is 0 Å². The number of benzene rings is 1. The zero-order valence-corrected chi connectivity index (χ0v) is 12.2. The highest BCUT2D eigenvalue weighted by molar-refractivity contribution is 7.80. The molecule has 4 nitrogen and oxygen atoms in total. The highest BCUT2D eigenvalue weighted by atomic mass is 32.1. The van der Waals surface area contributed by atoms with E-state index in [1.54, 1.807) is 6.07 Å². The molecule has 0 spiro atoms. The molecule has 102 valence electrons. The summed E-state index contributed by atoms with van der Waals surface area (Å²) in [5.41, 5.74) is 1.43. The highest BCUT2D eigenvalue weighted by Gasteiger charge is 2.10. The van der Waals surface area contributed by atoms with E-state index in [1.807, 2.05) is 37.1 Å². The van der Waals surface area contributed by atoms with Crippen LogP contribution in [-0.2, 0) is 4.74 Å². The molecule has 0 amide bonds. The van der Waals surface area contributed by atoms with Crippen molar-refractivity contribution in [3.63, 3.8) is 0 Å². The average molecular weight is 277 g/mol. The van der Waals surface area contributed by atoms with E-state index >= 15 is 0 Å². The van der Waals surface area contributed by atoms with Gasteiger partial charge < -0.3 is 15.0 Å². The van der Waals surface area contributed by atoms with E-state index in [0.29, 0.717) is 10.7 Å². The van der Waals surface area contributed by atoms with Gasteiger partial charge >= 0.3 is 0 Å². The minimum atomic E-state index is 0.610. The largest absolute Gasteiger partial charge is 0.382 e. The first-order valence-electron chi connectivity index (χ1n) is 6.29. The van der Waals surface area contributed by atoms with Crippen LogP contribution in [0, 0.1) is 11.3 Å². The number of hydrogen-bond acceptors (Lipinski definition) is 3. The fraction of sp³-hybridized carbons (Fsp3) is 0.429. The molecule has 1 aromatic carbocycles. The van der Waals surface area contributed by atoms with Gasteiger partial charge in [-0.2, -0.15) is 5.26 Å². The van der Waals surface area contributed by atoms with Gasteiger partial charge in [0.2, 0.25) is 0 Å². The van der Waals surface area contributed by atoms with Crippen LogP contribution in [0.2, 0.25) is 0 Å². The molecule has 0 fully saturated rings. The Bertz CT molecular complexity index is 456. The molecule has 1 N–H and O–H groups in total. The number of rotatable bonds is 6. The number of anilines is 1. The van der Waals surface area contributed by atoms with Gasteiger partial charge in [-0.1, -0.05) is 12.1 Å². The van der Waals surface area contributed by atoms with Gasteiger partial charge in [-0.15, -0.1) is 0 Å². The molecule has 19 heavy (non-hydrogen) atoms. The maximum atomic E-state index is 9.07. The van der Waals surface area contributed by atoms with Gasteiger partial charge in [0.15, 0.2) is 5.11 Å². The fourth-order valence-corrected chi connectivity index (χ4v) is 1.80. The second-order valence-electron chi connectivity index (χ2n) is 3.97. The van der Waals surface area contributed by atoms with Crippen molar-refractivity contribution in [2.75, 3.05) is 31.7 Å². The van der Waals surface area contributed by atoms with Crippen LogP contribution in [0.25, 0.3) is 0 Å². The first-order valence-corrected chi connectivity index (χ1v) is 6.70. The molecule has 0 aromatic heterocycles. The molecule has 0 heterocycles. The van der Waals surface area contributed by atoms with Gasteiger partial charge in [-0.25, -0.2) is 0 Å². The van der Waals surface area contributed by atoms with Crippen molar-refractivity contribution >= 4 is 23.0 Å². The molecular weight excluding hydrogens is 258 g/mol. The van der Waals surface area contributed by atoms with Crippen LogP contribution in [0.4, 0.5) is 5.69 Å². The van der Waals surface area contributed by atoms with E-state index in [-0.39, 0.29) is 0 Å². The summed E-state index contributed by atoms with van der Waals surface area (Å²) in [7, 11) is 1.86. The predicted octanol–water partition coefficient (Wildman–Crippen LogP) is 2.30. The maximum absolute atomic E-state index is 9.07. The third-order valence-electron chi connectivity index (χ3n) is 2.64. The molecule has 0 aliphatic heterocycles. The Balaban J connectivity index is 2.50. The summed E-state index contributed by atoms with van der Waals surface area (Å²) in [5, 5.41) is 12.8. The van der Waals surface area contributed by atoms with Crippen LogP contribution in [0.1, 0.15) is 18.9 Å². The van der Waals surface area contributed by atoms with Gasteiger partial charge in [0, 0.05) is 26.8 Å². The zero-order valence-electron chi connectivity index (χ0n) is 11.3. The summed E-state index contributed by atoms with van der Waals surface area (Å²) < 4.78 is 5.26. The molecule has 0 aliphatic carbocycles. The van der Waals surface area contributed by atoms with Crippen molar-refractivity contribution in [1.29, 1.82) is 5.26 Å². The highest BCUT2D eigenvalue weighted by Crippen LogP contribution is 2.17. The minimum absolute atomic E-state index is 0.610. The number of nitrogens with one attached hydrogen (secondary N) is 1. The Kier molecular flexibility index (Phi) is 6.86. The summed E-state index contributed by atoms with van der Waals surface area (Å²) in [4.78, 5) is 1.81. The molecule has 0 radical (unpaired) electrons. The van der Waals surface area contributed by atoms with Crippen molar-refractivity contribution < 1.29 is 4.74 Å². The average Bonchev–Trinajstić information content (AvgIpc) is 2.46. The summed E-state index contributed by atoms with van der Waals surface area (Å²) in [6.45, 7) is 4.20. The van der Waals surface area contributed by atoms with E-state index in [2.05, 4.69) is 11.4 Å². The third-order valence-corrected chi connectivity index (χ3v) is 3.05. The van der Waals surface area contributed by atoms with Gasteiger partial charge in [0.25, 0.3) is 0 Å². The molecule has 5 heteroatoms. The van der Waals surface area contributed by atoms with Gasteiger partial charge in [0.1, 0.15) is 6.07 Å². The smallest absolute Gasteiger partial charge is 0.173 e. The molecule has 1 aromatic rings. The number of hydrogen-bond donors (Lipinski definition) is 1. The Morgan fingerprint density at radius 3 is 2.89 bits per heavy atom. The minimum Gasteiger partial charge on any atom is -0.382 e. The zero-order chi connectivity index (χ0) is 14.1. The third kappa shape index (κ3) is 4.86. The second-order valence-corrected chi connectivity index (χ2v) is 4.36. The lowest BCUT2D eigenvalue weighted by molar-refractivity contribution is 0.146. The molecular formula is C14H19N3OS. The van der Waals surface area contributed by atoms with E-state index in [9.17, 15) is 0 Å². The Hall–Kier alpha value is -1.64. The van der Waals surface area contributed by atoms with Gasteiger partial charge in [-0.05, 0) is 37.7 Å². The van der Waals surface area contributed by atoms with Crippen molar-refractivity contribution in [1.82, 2.24) is 5.32 Å². The topological polar surface area (TPSA) is 48.3 Å². The Labute approximate surface area is 120 Å². The van der Waals surface area contributed by atoms with Crippen molar-refractivity contribution in [2.24, 2.45) is 0 Å². The van der Waals surface area contributed by atoms with Crippen molar-refractivity contribution in [3.8, 4) is 6.07 Å². The lowest BCUT2D eigenvalue weighted by Gasteiger charge is -2.22. The lowest BCUT2D eigenvalue weighted by Crippen LogP contribution is -2.38. The first kappa shape index (κ1) is 15.4. The summed E-state index contributed by atoms with van der Waals surface area (Å²) in [5.74, 6) is 0. The summed E-state index contributed by atoms with van der Waals surface area (Å²) in [6.07, 6.45) is 0.904. The SMILES string of the molecule is CCOCCCNC(=S)N(C)c1ccccc1C#N. The molecule has 0 unspecified atom stereocenters. The van der Waals surface area contributed by atoms with Crippen LogP contribution in [0.5, 0.6) is 0 Å². The maximum Gasteiger partial charge on any atom is 0.173 e. The van der Waals surface area contributed by atoms with E-state index in [1.165, 1.54) is 0 Å². The van der Waals surface area contributed by atoms with Crippen molar-refractivity contribution in [3.05, 3.63) is 29.8 Å². The normalized spacial score (nSPS) is 9.74. The summed E-state index contributed by atoms with van der Waals surface area (Å²) in [6, 6.07) is 9.56. The van der Waals surface area contributed by atoms with E-state index < -0.39 is 0 Å². The van der Waals surface area contributed by atoms with Crippen LogP contribution in [-0.4, -0.2) is 31.9 Å². The van der Waals surface area contributed by atoms with E-state index in [4.69, 9.17) is 22.2 Å². The first-order chi connectivity index (χ1) is 9.20. The molecule has 0 atom stereocenters. The predicted molar refractivity (Wildman–Crippen MR) is 81.3 cm³/mol. The Morgan fingerprint density at radius 1 is 1.47 bits per heavy atom. The molecule has 0 saturated carbocycles.